The molecular formula is C23H26N2O5S. The van der Waals surface area contributed by atoms with E-state index in [2.05, 4.69) is 10.1 Å². The molecule has 5 rings (SSSR count). The second-order valence-corrected chi connectivity index (χ2v) is 10.5. The highest BCUT2D eigenvalue weighted by atomic mass is 32.1. The Kier molecular flexibility index (Phi) is 5.09. The lowest BCUT2D eigenvalue weighted by atomic mass is 9.84. The maximum atomic E-state index is 13.2. The summed E-state index contributed by atoms with van der Waals surface area (Å²) in [6.45, 7) is 1.84. The molecule has 8 heteroatoms. The number of fused-ring (bicyclic) bond motifs is 1. The molecule has 1 saturated carbocycles. The number of allylic oxidation sites excluding steroid dienone is 1. The minimum atomic E-state index is -0.990. The SMILES string of the molecule is CC1(O)CCc2c(sc(CC(=O)C3=C(C(=O)O)CCCC3)c2-c2nc(C3CC3)no2)C1. The van der Waals surface area contributed by atoms with E-state index in [1.807, 2.05) is 6.92 Å². The van der Waals surface area contributed by atoms with E-state index >= 15 is 0 Å². The highest BCUT2D eigenvalue weighted by Crippen LogP contribution is 2.45. The first kappa shape index (κ1) is 20.6. The molecule has 164 valence electrons. The summed E-state index contributed by atoms with van der Waals surface area (Å²) in [6, 6.07) is 0. The minimum absolute atomic E-state index is 0.127. The van der Waals surface area contributed by atoms with Gasteiger partial charge in [0.25, 0.3) is 5.89 Å². The van der Waals surface area contributed by atoms with Crippen LogP contribution in [0.15, 0.2) is 15.7 Å². The molecule has 3 aliphatic rings. The summed E-state index contributed by atoms with van der Waals surface area (Å²) in [6.07, 6.45) is 6.72. The molecule has 1 unspecified atom stereocenters. The number of carboxylic acid groups (broad SMARTS) is 1. The van der Waals surface area contributed by atoms with Gasteiger partial charge < -0.3 is 14.7 Å². The molecule has 0 amide bonds. The lowest BCUT2D eigenvalue weighted by Crippen LogP contribution is -2.31. The molecule has 1 fully saturated rings. The highest BCUT2D eigenvalue weighted by molar-refractivity contribution is 7.12. The number of aliphatic carboxylic acids is 1. The molecule has 1 atom stereocenters. The Balaban J connectivity index is 1.53. The Bertz CT molecular complexity index is 1090. The van der Waals surface area contributed by atoms with Gasteiger partial charge in [-0.2, -0.15) is 4.98 Å². The van der Waals surface area contributed by atoms with Crippen LogP contribution < -0.4 is 0 Å². The molecule has 0 aromatic carbocycles. The van der Waals surface area contributed by atoms with Crippen LogP contribution in [0.3, 0.4) is 0 Å². The standard InChI is InChI=1S/C23H26N2O5S/c1-23(29)9-8-15-18(11-23)31-17(19(15)21-24-20(25-30-21)12-6-7-12)10-16(26)13-4-2-3-5-14(13)22(27)28/h12,29H,2-11H2,1H3,(H,27,28). The quantitative estimate of drug-likeness (QED) is 0.695. The summed E-state index contributed by atoms with van der Waals surface area (Å²) in [5.41, 5.74) is 1.85. The number of rotatable bonds is 6. The number of aliphatic hydroxyl groups is 1. The van der Waals surface area contributed by atoms with Crippen molar-refractivity contribution in [3.8, 4) is 11.5 Å². The van der Waals surface area contributed by atoms with E-state index < -0.39 is 11.6 Å². The zero-order chi connectivity index (χ0) is 21.8. The van der Waals surface area contributed by atoms with Crippen molar-refractivity contribution in [2.24, 2.45) is 0 Å². The Morgan fingerprint density at radius 2 is 1.94 bits per heavy atom. The topological polar surface area (TPSA) is 114 Å². The van der Waals surface area contributed by atoms with E-state index in [1.165, 1.54) is 11.3 Å². The minimum Gasteiger partial charge on any atom is -0.478 e. The number of carbonyl (C=O) groups excluding carboxylic acids is 1. The lowest BCUT2D eigenvalue weighted by Gasteiger charge is -2.28. The van der Waals surface area contributed by atoms with Gasteiger partial charge in [-0.3, -0.25) is 4.79 Å². The van der Waals surface area contributed by atoms with E-state index in [-0.39, 0.29) is 17.8 Å². The third-order valence-corrected chi connectivity index (χ3v) is 7.83. The van der Waals surface area contributed by atoms with E-state index in [0.717, 1.165) is 52.4 Å². The summed E-state index contributed by atoms with van der Waals surface area (Å²) in [4.78, 5) is 31.4. The van der Waals surface area contributed by atoms with Crippen molar-refractivity contribution in [1.82, 2.24) is 10.1 Å². The van der Waals surface area contributed by atoms with Crippen molar-refractivity contribution < 1.29 is 24.3 Å². The van der Waals surface area contributed by atoms with Gasteiger partial charge in [-0.05, 0) is 63.9 Å². The third-order valence-electron chi connectivity index (χ3n) is 6.60. The van der Waals surface area contributed by atoms with Crippen LogP contribution in [0.5, 0.6) is 0 Å². The number of Topliss-reactive ketones (excluding diaryl/α,β-unsaturated/α-hetero) is 1. The first-order valence-corrected chi connectivity index (χ1v) is 11.8. The number of hydrogen-bond acceptors (Lipinski definition) is 7. The molecule has 0 saturated heterocycles. The Labute approximate surface area is 184 Å². The Morgan fingerprint density at radius 1 is 1.19 bits per heavy atom. The molecule has 0 bridgehead atoms. The van der Waals surface area contributed by atoms with Gasteiger partial charge >= 0.3 is 5.97 Å². The summed E-state index contributed by atoms with van der Waals surface area (Å²) in [5.74, 6) is 0.405. The van der Waals surface area contributed by atoms with Gasteiger partial charge in [0.05, 0.1) is 11.2 Å². The highest BCUT2D eigenvalue weighted by Gasteiger charge is 2.36. The predicted molar refractivity (Wildman–Crippen MR) is 114 cm³/mol. The van der Waals surface area contributed by atoms with Crippen LogP contribution in [0, 0.1) is 0 Å². The number of thiophene rings is 1. The molecule has 3 aliphatic carbocycles. The van der Waals surface area contributed by atoms with Crippen molar-refractivity contribution in [2.45, 2.75) is 82.7 Å². The van der Waals surface area contributed by atoms with E-state index in [0.29, 0.717) is 49.5 Å². The molecule has 7 nitrogen and oxygen atoms in total. The van der Waals surface area contributed by atoms with Crippen LogP contribution in [-0.2, 0) is 28.9 Å². The molecule has 31 heavy (non-hydrogen) atoms. The van der Waals surface area contributed by atoms with Crippen molar-refractivity contribution in [1.29, 1.82) is 0 Å². The van der Waals surface area contributed by atoms with Crippen molar-refractivity contribution in [3.05, 3.63) is 32.3 Å². The molecule has 0 aliphatic heterocycles. The first-order valence-electron chi connectivity index (χ1n) is 11.0. The number of hydrogen-bond donors (Lipinski definition) is 2. The van der Waals surface area contributed by atoms with Crippen LogP contribution >= 0.6 is 11.3 Å². The number of nitrogens with zero attached hydrogens (tertiary/aromatic N) is 2. The van der Waals surface area contributed by atoms with Gasteiger partial charge in [0, 0.05) is 39.7 Å². The van der Waals surface area contributed by atoms with Crippen molar-refractivity contribution in [2.75, 3.05) is 0 Å². The summed E-state index contributed by atoms with van der Waals surface area (Å²) in [7, 11) is 0. The largest absolute Gasteiger partial charge is 0.478 e. The lowest BCUT2D eigenvalue weighted by molar-refractivity contribution is -0.133. The number of carbonyl (C=O) groups is 2. The third kappa shape index (κ3) is 3.99. The maximum Gasteiger partial charge on any atom is 0.331 e. The number of ketones is 1. The van der Waals surface area contributed by atoms with Gasteiger partial charge in [-0.25, -0.2) is 4.79 Å². The Morgan fingerprint density at radius 3 is 2.65 bits per heavy atom. The van der Waals surface area contributed by atoms with E-state index in [1.54, 1.807) is 0 Å². The van der Waals surface area contributed by atoms with Crippen LogP contribution in [0.25, 0.3) is 11.5 Å². The molecule has 2 aromatic heterocycles. The van der Waals surface area contributed by atoms with E-state index in [9.17, 15) is 19.8 Å². The van der Waals surface area contributed by atoms with E-state index in [4.69, 9.17) is 4.52 Å². The summed E-state index contributed by atoms with van der Waals surface area (Å²) < 4.78 is 5.62. The van der Waals surface area contributed by atoms with Gasteiger partial charge in [0.15, 0.2) is 11.6 Å². The van der Waals surface area contributed by atoms with Crippen molar-refractivity contribution in [3.63, 3.8) is 0 Å². The fourth-order valence-corrected chi connectivity index (χ4v) is 6.25. The van der Waals surface area contributed by atoms with Gasteiger partial charge in [0.2, 0.25) is 0 Å². The summed E-state index contributed by atoms with van der Waals surface area (Å²) in [5, 5.41) is 24.3. The van der Waals surface area contributed by atoms with Crippen LogP contribution in [0.1, 0.15) is 78.9 Å². The Hall–Kier alpha value is -2.32. The molecule has 0 radical (unpaired) electrons. The molecule has 0 spiro atoms. The second kappa shape index (κ2) is 7.67. The van der Waals surface area contributed by atoms with Crippen molar-refractivity contribution >= 4 is 23.1 Å². The van der Waals surface area contributed by atoms with Crippen LogP contribution in [0.2, 0.25) is 0 Å². The number of aromatic nitrogens is 2. The zero-order valence-electron chi connectivity index (χ0n) is 17.6. The van der Waals surface area contributed by atoms with Gasteiger partial charge in [-0.1, -0.05) is 5.16 Å². The fraction of sp³-hybridized carbons (Fsp3) is 0.565. The molecular weight excluding hydrogens is 416 g/mol. The fourth-order valence-electron chi connectivity index (χ4n) is 4.72. The molecule has 2 heterocycles. The average Bonchev–Trinajstić information content (AvgIpc) is 3.36. The van der Waals surface area contributed by atoms with Crippen LogP contribution in [0.4, 0.5) is 0 Å². The molecule has 2 N–H and O–H groups in total. The summed E-state index contributed by atoms with van der Waals surface area (Å²) >= 11 is 1.52. The zero-order valence-corrected chi connectivity index (χ0v) is 18.4. The average molecular weight is 443 g/mol. The van der Waals surface area contributed by atoms with Gasteiger partial charge in [-0.15, -0.1) is 11.3 Å². The van der Waals surface area contributed by atoms with Crippen LogP contribution in [-0.4, -0.2) is 37.7 Å². The predicted octanol–water partition coefficient (Wildman–Crippen LogP) is 3.98. The normalized spacial score (nSPS) is 23.7. The second-order valence-electron chi connectivity index (χ2n) is 9.28. The van der Waals surface area contributed by atoms with Gasteiger partial charge in [0.1, 0.15) is 0 Å². The monoisotopic (exact) mass is 442 g/mol. The first-order chi connectivity index (χ1) is 14.8. The molecule has 2 aromatic rings. The smallest absolute Gasteiger partial charge is 0.331 e. The maximum absolute atomic E-state index is 13.2. The number of carboxylic acids is 1.